The predicted octanol–water partition coefficient (Wildman–Crippen LogP) is 2.72. The average Bonchev–Trinajstić information content (AvgIpc) is 2.36. The molecule has 0 aliphatic carbocycles. The van der Waals surface area contributed by atoms with Gasteiger partial charge in [0.25, 0.3) is 0 Å². The first-order valence-corrected chi connectivity index (χ1v) is 5.77. The maximum Gasteiger partial charge on any atom is 0.341 e. The fraction of sp³-hybridized carbons (Fsp3) is 0.538. The zero-order valence-electron chi connectivity index (χ0n) is 10.9. The van der Waals surface area contributed by atoms with E-state index in [9.17, 15) is 4.79 Å². The number of methoxy groups -OCH3 is 1. The van der Waals surface area contributed by atoms with Crippen molar-refractivity contribution in [3.63, 3.8) is 0 Å². The van der Waals surface area contributed by atoms with Crippen LogP contribution in [0.15, 0.2) is 18.3 Å². The first kappa shape index (κ1) is 13.5. The standard InChI is InChI=1S/C13H20N2O2/c1-5-13(2,3)9-15-11-10(12(16)17-4)7-6-8-14-11/h6-8H,5,9H2,1-4H3,(H,14,15). The van der Waals surface area contributed by atoms with Crippen LogP contribution in [0.3, 0.4) is 0 Å². The summed E-state index contributed by atoms with van der Waals surface area (Å²) in [7, 11) is 1.37. The summed E-state index contributed by atoms with van der Waals surface area (Å²) in [4.78, 5) is 15.7. The number of anilines is 1. The van der Waals surface area contributed by atoms with E-state index >= 15 is 0 Å². The zero-order valence-corrected chi connectivity index (χ0v) is 10.9. The molecule has 0 bridgehead atoms. The number of esters is 1. The molecule has 1 rings (SSSR count). The molecule has 0 saturated heterocycles. The van der Waals surface area contributed by atoms with E-state index in [1.807, 2.05) is 0 Å². The first-order valence-electron chi connectivity index (χ1n) is 5.77. The number of nitrogens with one attached hydrogen (secondary N) is 1. The van der Waals surface area contributed by atoms with Gasteiger partial charge in [-0.15, -0.1) is 0 Å². The molecule has 4 heteroatoms. The normalized spacial score (nSPS) is 11.1. The largest absolute Gasteiger partial charge is 0.465 e. The van der Waals surface area contributed by atoms with E-state index in [0.717, 1.165) is 13.0 Å². The highest BCUT2D eigenvalue weighted by Gasteiger charge is 2.17. The lowest BCUT2D eigenvalue weighted by Crippen LogP contribution is -2.23. The molecule has 0 saturated carbocycles. The minimum atomic E-state index is -0.366. The van der Waals surface area contributed by atoms with Gasteiger partial charge >= 0.3 is 5.97 Å². The van der Waals surface area contributed by atoms with Crippen molar-refractivity contribution < 1.29 is 9.53 Å². The van der Waals surface area contributed by atoms with Crippen molar-refractivity contribution in [3.8, 4) is 0 Å². The molecule has 94 valence electrons. The molecule has 1 N–H and O–H groups in total. The Bertz CT molecular complexity index is 389. The second kappa shape index (κ2) is 5.66. The Kier molecular flexibility index (Phi) is 4.49. The van der Waals surface area contributed by atoms with E-state index in [0.29, 0.717) is 11.4 Å². The number of hydrogen-bond donors (Lipinski definition) is 1. The number of nitrogens with zero attached hydrogens (tertiary/aromatic N) is 1. The Labute approximate surface area is 102 Å². The van der Waals surface area contributed by atoms with Crippen LogP contribution in [0.1, 0.15) is 37.6 Å². The number of rotatable bonds is 5. The van der Waals surface area contributed by atoms with Crippen LogP contribution in [-0.2, 0) is 4.74 Å². The summed E-state index contributed by atoms with van der Waals surface area (Å²) in [5.41, 5.74) is 0.646. The molecule has 0 aliphatic heterocycles. The molecule has 0 atom stereocenters. The molecule has 1 aromatic heterocycles. The molecular formula is C13H20N2O2. The van der Waals surface area contributed by atoms with Gasteiger partial charge in [-0.1, -0.05) is 20.8 Å². The third-order valence-corrected chi connectivity index (χ3v) is 2.90. The molecule has 0 aromatic carbocycles. The lowest BCUT2D eigenvalue weighted by molar-refractivity contribution is 0.0601. The van der Waals surface area contributed by atoms with Crippen molar-refractivity contribution in [2.24, 2.45) is 5.41 Å². The van der Waals surface area contributed by atoms with Crippen molar-refractivity contribution in [2.75, 3.05) is 19.0 Å². The third kappa shape index (κ3) is 3.73. The van der Waals surface area contributed by atoms with Gasteiger partial charge in [0.05, 0.1) is 7.11 Å². The van der Waals surface area contributed by atoms with Gasteiger partial charge in [0.15, 0.2) is 0 Å². The van der Waals surface area contributed by atoms with Gasteiger partial charge in [0.1, 0.15) is 11.4 Å². The Morgan fingerprint density at radius 2 is 2.24 bits per heavy atom. The van der Waals surface area contributed by atoms with Gasteiger partial charge in [-0.2, -0.15) is 0 Å². The summed E-state index contributed by atoms with van der Waals surface area (Å²) in [6, 6.07) is 3.43. The monoisotopic (exact) mass is 236 g/mol. The minimum Gasteiger partial charge on any atom is -0.465 e. The molecule has 0 amide bonds. The van der Waals surface area contributed by atoms with Crippen LogP contribution in [0.5, 0.6) is 0 Å². The molecule has 0 spiro atoms. The highest BCUT2D eigenvalue weighted by Crippen LogP contribution is 2.21. The molecule has 4 nitrogen and oxygen atoms in total. The summed E-state index contributed by atoms with van der Waals surface area (Å²) in [6.07, 6.45) is 2.72. The number of hydrogen-bond acceptors (Lipinski definition) is 4. The number of pyridine rings is 1. The van der Waals surface area contributed by atoms with Crippen LogP contribution in [0, 0.1) is 5.41 Å². The Morgan fingerprint density at radius 1 is 1.53 bits per heavy atom. The maximum atomic E-state index is 11.5. The molecule has 0 unspecified atom stereocenters. The highest BCUT2D eigenvalue weighted by atomic mass is 16.5. The van der Waals surface area contributed by atoms with Crippen LogP contribution in [0.4, 0.5) is 5.82 Å². The van der Waals surface area contributed by atoms with Crippen molar-refractivity contribution in [1.29, 1.82) is 0 Å². The Balaban J connectivity index is 2.81. The summed E-state index contributed by atoms with van der Waals surface area (Å²) >= 11 is 0. The van der Waals surface area contributed by atoms with E-state index in [4.69, 9.17) is 4.74 Å². The zero-order chi connectivity index (χ0) is 12.9. The fourth-order valence-corrected chi connectivity index (χ4v) is 1.27. The minimum absolute atomic E-state index is 0.172. The van der Waals surface area contributed by atoms with Crippen molar-refractivity contribution in [3.05, 3.63) is 23.9 Å². The summed E-state index contributed by atoms with van der Waals surface area (Å²) < 4.78 is 4.72. The second-order valence-electron chi connectivity index (χ2n) is 4.76. The SMILES string of the molecule is CCC(C)(C)CNc1ncccc1C(=O)OC. The summed E-state index contributed by atoms with van der Waals surface area (Å²) in [6.45, 7) is 7.24. The second-order valence-corrected chi connectivity index (χ2v) is 4.76. The Morgan fingerprint density at radius 3 is 2.82 bits per heavy atom. The van der Waals surface area contributed by atoms with Gasteiger partial charge in [0, 0.05) is 12.7 Å². The van der Waals surface area contributed by atoms with E-state index in [2.05, 4.69) is 31.1 Å². The van der Waals surface area contributed by atoms with Crippen molar-refractivity contribution >= 4 is 11.8 Å². The molecule has 0 fully saturated rings. The molecule has 0 radical (unpaired) electrons. The van der Waals surface area contributed by atoms with Crippen LogP contribution < -0.4 is 5.32 Å². The highest BCUT2D eigenvalue weighted by molar-refractivity contribution is 5.94. The van der Waals surface area contributed by atoms with Gasteiger partial charge < -0.3 is 10.1 Å². The topological polar surface area (TPSA) is 51.2 Å². The fourth-order valence-electron chi connectivity index (χ4n) is 1.27. The molecule has 1 aromatic rings. The average molecular weight is 236 g/mol. The smallest absolute Gasteiger partial charge is 0.341 e. The molecule has 0 aliphatic rings. The number of carbonyl (C=O) groups excluding carboxylic acids is 1. The van der Waals surface area contributed by atoms with Gasteiger partial charge in [-0.25, -0.2) is 9.78 Å². The number of carbonyl (C=O) groups is 1. The third-order valence-electron chi connectivity index (χ3n) is 2.90. The molecular weight excluding hydrogens is 216 g/mol. The Hall–Kier alpha value is -1.58. The lowest BCUT2D eigenvalue weighted by Gasteiger charge is -2.23. The van der Waals surface area contributed by atoms with E-state index in [-0.39, 0.29) is 11.4 Å². The number of ether oxygens (including phenoxy) is 1. The van der Waals surface area contributed by atoms with Crippen molar-refractivity contribution in [2.45, 2.75) is 27.2 Å². The molecule has 1 heterocycles. The maximum absolute atomic E-state index is 11.5. The van der Waals surface area contributed by atoms with Crippen molar-refractivity contribution in [1.82, 2.24) is 4.98 Å². The van der Waals surface area contributed by atoms with Crippen LogP contribution in [-0.4, -0.2) is 24.6 Å². The quantitative estimate of drug-likeness (QED) is 0.799. The van der Waals surface area contributed by atoms with Gasteiger partial charge in [-0.05, 0) is 24.0 Å². The summed E-state index contributed by atoms with van der Waals surface area (Å²) in [5.74, 6) is 0.218. The van der Waals surface area contributed by atoms with Crippen LogP contribution >= 0.6 is 0 Å². The van der Waals surface area contributed by atoms with Gasteiger partial charge in [0.2, 0.25) is 0 Å². The number of aromatic nitrogens is 1. The lowest BCUT2D eigenvalue weighted by atomic mass is 9.90. The summed E-state index contributed by atoms with van der Waals surface area (Å²) in [5, 5.41) is 3.21. The van der Waals surface area contributed by atoms with Gasteiger partial charge in [-0.3, -0.25) is 0 Å². The van der Waals surface area contributed by atoms with E-state index in [1.165, 1.54) is 7.11 Å². The first-order chi connectivity index (χ1) is 8.00. The predicted molar refractivity (Wildman–Crippen MR) is 68.1 cm³/mol. The van der Waals surface area contributed by atoms with E-state index in [1.54, 1.807) is 18.3 Å². The van der Waals surface area contributed by atoms with E-state index < -0.39 is 0 Å². The molecule has 17 heavy (non-hydrogen) atoms. The van der Waals surface area contributed by atoms with Crippen LogP contribution in [0.2, 0.25) is 0 Å². The van der Waals surface area contributed by atoms with Crippen LogP contribution in [0.25, 0.3) is 0 Å².